The summed E-state index contributed by atoms with van der Waals surface area (Å²) >= 11 is 0. The minimum Gasteiger partial charge on any atom is -0.465 e. The lowest BCUT2D eigenvalue weighted by atomic mass is 9.84. The van der Waals surface area contributed by atoms with Gasteiger partial charge < -0.3 is 16.2 Å². The number of alkyl halides is 1. The highest BCUT2D eigenvalue weighted by Gasteiger charge is 2.34. The summed E-state index contributed by atoms with van der Waals surface area (Å²) < 4.78 is 13.5. The van der Waals surface area contributed by atoms with Crippen LogP contribution in [0.1, 0.15) is 25.7 Å². The summed E-state index contributed by atoms with van der Waals surface area (Å²) in [5.41, 5.74) is 4.01. The molecule has 1 aliphatic carbocycles. The van der Waals surface area contributed by atoms with Crippen molar-refractivity contribution in [2.75, 3.05) is 6.54 Å². The fourth-order valence-corrected chi connectivity index (χ4v) is 1.66. The van der Waals surface area contributed by atoms with Crippen LogP contribution in [-0.2, 0) is 0 Å². The topological polar surface area (TPSA) is 75.3 Å². The highest BCUT2D eigenvalue weighted by Crippen LogP contribution is 2.30. The molecule has 4 nitrogen and oxygen atoms in total. The predicted molar refractivity (Wildman–Crippen MR) is 46.3 cm³/mol. The van der Waals surface area contributed by atoms with Gasteiger partial charge in [-0.2, -0.15) is 0 Å². The van der Waals surface area contributed by atoms with Crippen LogP contribution < -0.4 is 11.1 Å². The van der Waals surface area contributed by atoms with E-state index in [1.54, 1.807) is 0 Å². The van der Waals surface area contributed by atoms with Crippen LogP contribution >= 0.6 is 0 Å². The summed E-state index contributed by atoms with van der Waals surface area (Å²) in [6.07, 6.45) is 0.757. The van der Waals surface area contributed by atoms with E-state index in [1.807, 2.05) is 0 Å². The van der Waals surface area contributed by atoms with Gasteiger partial charge in [-0.1, -0.05) is 0 Å². The van der Waals surface area contributed by atoms with E-state index in [0.717, 1.165) is 0 Å². The monoisotopic (exact) mass is 190 g/mol. The molecule has 0 spiro atoms. The minimum atomic E-state index is -1.27. The SMILES string of the molecule is NCC1(F)CCC(NC(=O)O)CC1. The second-order valence-electron chi connectivity index (χ2n) is 3.58. The van der Waals surface area contributed by atoms with Crippen LogP contribution in [0.4, 0.5) is 9.18 Å². The number of carboxylic acid groups (broad SMARTS) is 1. The maximum absolute atomic E-state index is 13.5. The Morgan fingerprint density at radius 3 is 2.54 bits per heavy atom. The quantitative estimate of drug-likeness (QED) is 0.604. The smallest absolute Gasteiger partial charge is 0.404 e. The fourth-order valence-electron chi connectivity index (χ4n) is 1.66. The lowest BCUT2D eigenvalue weighted by molar-refractivity contribution is 0.0995. The van der Waals surface area contributed by atoms with Crippen molar-refractivity contribution in [1.82, 2.24) is 5.32 Å². The van der Waals surface area contributed by atoms with Gasteiger partial charge in [0.15, 0.2) is 0 Å². The molecular formula is C8H15FN2O2. The number of halogens is 1. The zero-order chi connectivity index (χ0) is 9.90. The molecule has 1 rings (SSSR count). The molecule has 0 bridgehead atoms. The average Bonchev–Trinajstić information content (AvgIpc) is 2.09. The molecule has 1 saturated carbocycles. The van der Waals surface area contributed by atoms with Crippen LogP contribution in [-0.4, -0.2) is 29.5 Å². The zero-order valence-corrected chi connectivity index (χ0v) is 7.42. The van der Waals surface area contributed by atoms with Crippen LogP contribution in [0.15, 0.2) is 0 Å². The van der Waals surface area contributed by atoms with Crippen LogP contribution in [0.2, 0.25) is 0 Å². The first-order valence-corrected chi connectivity index (χ1v) is 4.44. The minimum absolute atomic E-state index is 0.0345. The van der Waals surface area contributed by atoms with Crippen molar-refractivity contribution >= 4 is 6.09 Å². The normalized spacial score (nSPS) is 34.2. The van der Waals surface area contributed by atoms with Crippen LogP contribution in [0.3, 0.4) is 0 Å². The number of hydrogen-bond acceptors (Lipinski definition) is 2. The molecule has 1 amide bonds. The molecule has 0 aromatic heterocycles. The van der Waals surface area contributed by atoms with Crippen LogP contribution in [0.5, 0.6) is 0 Å². The lowest BCUT2D eigenvalue weighted by Crippen LogP contribution is -2.44. The van der Waals surface area contributed by atoms with Crippen molar-refractivity contribution in [3.05, 3.63) is 0 Å². The third-order valence-corrected chi connectivity index (χ3v) is 2.58. The van der Waals surface area contributed by atoms with E-state index < -0.39 is 11.8 Å². The van der Waals surface area contributed by atoms with Gasteiger partial charge in [0.1, 0.15) is 5.67 Å². The number of amides is 1. The van der Waals surface area contributed by atoms with Gasteiger partial charge in [0, 0.05) is 12.6 Å². The van der Waals surface area contributed by atoms with Crippen LogP contribution in [0.25, 0.3) is 0 Å². The van der Waals surface area contributed by atoms with Gasteiger partial charge in [-0.05, 0) is 25.7 Å². The Morgan fingerprint density at radius 2 is 2.15 bits per heavy atom. The van der Waals surface area contributed by atoms with Crippen LogP contribution in [0, 0.1) is 0 Å². The molecule has 0 atom stereocenters. The van der Waals surface area contributed by atoms with Crippen molar-refractivity contribution < 1.29 is 14.3 Å². The maximum atomic E-state index is 13.5. The van der Waals surface area contributed by atoms with E-state index in [4.69, 9.17) is 10.8 Å². The lowest BCUT2D eigenvalue weighted by Gasteiger charge is -2.32. The Hall–Kier alpha value is -0.840. The predicted octanol–water partition coefficient (Wildman–Crippen LogP) is 0.864. The molecule has 13 heavy (non-hydrogen) atoms. The summed E-state index contributed by atoms with van der Waals surface area (Å²) in [4.78, 5) is 10.3. The van der Waals surface area contributed by atoms with Gasteiger partial charge in [-0.25, -0.2) is 9.18 Å². The fraction of sp³-hybridized carbons (Fsp3) is 0.875. The average molecular weight is 190 g/mol. The molecule has 0 aliphatic heterocycles. The molecule has 0 aromatic rings. The van der Waals surface area contributed by atoms with Gasteiger partial charge in [-0.15, -0.1) is 0 Å². The summed E-state index contributed by atoms with van der Waals surface area (Å²) in [5, 5.41) is 10.8. The van der Waals surface area contributed by atoms with E-state index in [-0.39, 0.29) is 12.6 Å². The number of carbonyl (C=O) groups is 1. The summed E-state index contributed by atoms with van der Waals surface area (Å²) in [6, 6.07) is -0.104. The Kier molecular flexibility index (Phi) is 3.08. The number of rotatable bonds is 2. The van der Waals surface area contributed by atoms with Gasteiger partial charge in [-0.3, -0.25) is 0 Å². The van der Waals surface area contributed by atoms with Gasteiger partial charge in [0.25, 0.3) is 0 Å². The van der Waals surface area contributed by atoms with Crippen molar-refractivity contribution in [2.45, 2.75) is 37.4 Å². The molecular weight excluding hydrogens is 175 g/mol. The Bertz CT molecular complexity index is 191. The number of hydrogen-bond donors (Lipinski definition) is 3. The van der Waals surface area contributed by atoms with Crippen molar-refractivity contribution in [2.24, 2.45) is 5.73 Å². The largest absolute Gasteiger partial charge is 0.465 e. The van der Waals surface area contributed by atoms with E-state index in [0.29, 0.717) is 25.7 Å². The molecule has 0 saturated heterocycles. The van der Waals surface area contributed by atoms with E-state index in [2.05, 4.69) is 5.32 Å². The Labute approximate surface area is 76.3 Å². The number of nitrogens with one attached hydrogen (secondary N) is 1. The van der Waals surface area contributed by atoms with E-state index in [1.165, 1.54) is 0 Å². The van der Waals surface area contributed by atoms with Gasteiger partial charge >= 0.3 is 6.09 Å². The second-order valence-corrected chi connectivity index (χ2v) is 3.58. The van der Waals surface area contributed by atoms with Gasteiger partial charge in [0.05, 0.1) is 0 Å². The van der Waals surface area contributed by atoms with E-state index >= 15 is 0 Å². The van der Waals surface area contributed by atoms with Crippen molar-refractivity contribution in [1.29, 1.82) is 0 Å². The molecule has 0 radical (unpaired) electrons. The van der Waals surface area contributed by atoms with Crippen molar-refractivity contribution in [3.8, 4) is 0 Å². The summed E-state index contributed by atoms with van der Waals surface area (Å²) in [7, 11) is 0. The first kappa shape index (κ1) is 10.2. The van der Waals surface area contributed by atoms with E-state index in [9.17, 15) is 9.18 Å². The maximum Gasteiger partial charge on any atom is 0.404 e. The molecule has 4 N–H and O–H groups in total. The third-order valence-electron chi connectivity index (χ3n) is 2.58. The summed E-state index contributed by atoms with van der Waals surface area (Å²) in [5.74, 6) is 0. The molecule has 76 valence electrons. The first-order chi connectivity index (χ1) is 6.06. The Morgan fingerprint density at radius 1 is 1.62 bits per heavy atom. The first-order valence-electron chi connectivity index (χ1n) is 4.44. The zero-order valence-electron chi connectivity index (χ0n) is 7.42. The molecule has 1 fully saturated rings. The number of nitrogens with two attached hydrogens (primary N) is 1. The third kappa shape index (κ3) is 2.84. The molecule has 1 aliphatic rings. The molecule has 5 heteroatoms. The highest BCUT2D eigenvalue weighted by atomic mass is 19.1. The standard InChI is InChI=1S/C8H15FN2O2/c9-8(5-10)3-1-6(2-4-8)11-7(12)13/h6,11H,1-5,10H2,(H,12,13). The van der Waals surface area contributed by atoms with Crippen molar-refractivity contribution in [3.63, 3.8) is 0 Å². The Balaban J connectivity index is 2.34. The molecule has 0 unspecified atom stereocenters. The summed E-state index contributed by atoms with van der Waals surface area (Å²) in [6.45, 7) is 0.0345. The van der Waals surface area contributed by atoms with Gasteiger partial charge in [0.2, 0.25) is 0 Å². The molecule has 0 heterocycles. The second kappa shape index (κ2) is 3.91. The molecule has 0 aromatic carbocycles. The highest BCUT2D eigenvalue weighted by molar-refractivity contribution is 5.64.